The van der Waals surface area contributed by atoms with Crippen molar-refractivity contribution in [3.8, 4) is 0 Å². The zero-order valence-corrected chi connectivity index (χ0v) is 17.3. The number of nitrogens with one attached hydrogen (secondary N) is 1. The fraction of sp³-hybridized carbons (Fsp3) is 0.812. The predicted octanol–water partition coefficient (Wildman–Crippen LogP) is 2.01. The lowest BCUT2D eigenvalue weighted by molar-refractivity contribution is -0.142. The van der Waals surface area contributed by atoms with Crippen LogP contribution in [0.25, 0.3) is 0 Å². The molecule has 1 fully saturated rings. The summed E-state index contributed by atoms with van der Waals surface area (Å²) in [6.07, 6.45) is 1.33. The number of likely N-dealkylation sites (N-methyl/N-ethyl adjacent to an activating group) is 1. The van der Waals surface area contributed by atoms with Gasteiger partial charge in [-0.15, -0.1) is 24.0 Å². The maximum atomic E-state index is 12.3. The quantitative estimate of drug-likeness (QED) is 0.276. The number of rotatable bonds is 6. The molecule has 0 aromatic carbocycles. The summed E-state index contributed by atoms with van der Waals surface area (Å²) in [5, 5.41) is 3.26. The molecule has 1 N–H and O–H groups in total. The first-order chi connectivity index (χ1) is 11.4. The van der Waals surface area contributed by atoms with Gasteiger partial charge in [-0.2, -0.15) is 13.2 Å². The Hall–Kier alpha value is -0.550. The lowest BCUT2D eigenvalue weighted by atomic mass is 10.2. The Morgan fingerprint density at radius 2 is 2.00 bits per heavy atom. The van der Waals surface area contributed by atoms with E-state index in [1.807, 2.05) is 6.92 Å². The van der Waals surface area contributed by atoms with Crippen molar-refractivity contribution in [3.63, 3.8) is 0 Å². The number of aliphatic imine (C=N–C) groups is 1. The largest absolute Gasteiger partial charge is 0.401 e. The van der Waals surface area contributed by atoms with Gasteiger partial charge in [0, 0.05) is 45.3 Å². The lowest BCUT2D eigenvalue weighted by Gasteiger charge is -2.25. The third-order valence-electron chi connectivity index (χ3n) is 4.35. The van der Waals surface area contributed by atoms with E-state index in [4.69, 9.17) is 0 Å². The van der Waals surface area contributed by atoms with Crippen molar-refractivity contribution in [2.24, 2.45) is 4.99 Å². The third-order valence-corrected chi connectivity index (χ3v) is 4.35. The van der Waals surface area contributed by atoms with Crippen LogP contribution in [0.15, 0.2) is 17.1 Å². The van der Waals surface area contributed by atoms with Gasteiger partial charge in [-0.05, 0) is 20.4 Å². The SMILES string of the molecule is CCNC(=NCCN(C)CC(F)(F)F)N1CCC(N2CC=CC2)C1.I. The number of nitrogens with zero attached hydrogens (tertiary/aromatic N) is 4. The topological polar surface area (TPSA) is 34.1 Å². The van der Waals surface area contributed by atoms with E-state index in [0.717, 1.165) is 45.1 Å². The van der Waals surface area contributed by atoms with Crippen LogP contribution in [0.1, 0.15) is 13.3 Å². The molecule has 1 unspecified atom stereocenters. The van der Waals surface area contributed by atoms with Crippen LogP contribution in [-0.4, -0.2) is 92.3 Å². The van der Waals surface area contributed by atoms with Crippen molar-refractivity contribution in [2.75, 3.05) is 59.4 Å². The summed E-state index contributed by atoms with van der Waals surface area (Å²) in [6.45, 7) is 6.39. The van der Waals surface area contributed by atoms with Crippen LogP contribution in [-0.2, 0) is 0 Å². The zero-order valence-electron chi connectivity index (χ0n) is 14.9. The molecule has 25 heavy (non-hydrogen) atoms. The van der Waals surface area contributed by atoms with E-state index in [9.17, 15) is 13.2 Å². The van der Waals surface area contributed by atoms with Gasteiger partial charge in [-0.25, -0.2) is 0 Å². The molecule has 0 bridgehead atoms. The van der Waals surface area contributed by atoms with Gasteiger partial charge in [0.05, 0.1) is 13.1 Å². The molecule has 9 heteroatoms. The minimum absolute atomic E-state index is 0. The van der Waals surface area contributed by atoms with Gasteiger partial charge in [0.1, 0.15) is 0 Å². The van der Waals surface area contributed by atoms with Crippen molar-refractivity contribution in [3.05, 3.63) is 12.2 Å². The molecule has 1 atom stereocenters. The molecule has 0 aromatic rings. The van der Waals surface area contributed by atoms with Gasteiger partial charge in [0.15, 0.2) is 5.96 Å². The maximum Gasteiger partial charge on any atom is 0.401 e. The highest BCUT2D eigenvalue weighted by Gasteiger charge is 2.30. The second-order valence-electron chi connectivity index (χ2n) is 6.40. The van der Waals surface area contributed by atoms with Crippen LogP contribution in [0.5, 0.6) is 0 Å². The summed E-state index contributed by atoms with van der Waals surface area (Å²) in [7, 11) is 1.47. The highest BCUT2D eigenvalue weighted by Crippen LogP contribution is 2.18. The van der Waals surface area contributed by atoms with Crippen LogP contribution in [0.4, 0.5) is 13.2 Å². The van der Waals surface area contributed by atoms with Crippen molar-refractivity contribution in [1.82, 2.24) is 20.0 Å². The van der Waals surface area contributed by atoms with Crippen molar-refractivity contribution in [2.45, 2.75) is 25.6 Å². The molecule has 5 nitrogen and oxygen atoms in total. The summed E-state index contributed by atoms with van der Waals surface area (Å²) in [5.74, 6) is 0.813. The van der Waals surface area contributed by atoms with Gasteiger partial charge in [-0.3, -0.25) is 14.8 Å². The number of likely N-dealkylation sites (tertiary alicyclic amines) is 1. The molecule has 2 heterocycles. The Kier molecular flexibility index (Phi) is 9.50. The molecular formula is C16H29F3IN5. The van der Waals surface area contributed by atoms with Gasteiger partial charge >= 0.3 is 6.18 Å². The first kappa shape index (κ1) is 22.5. The minimum atomic E-state index is -4.16. The van der Waals surface area contributed by atoms with Crippen LogP contribution >= 0.6 is 24.0 Å². The molecule has 0 amide bonds. The van der Waals surface area contributed by atoms with E-state index >= 15 is 0 Å². The molecule has 2 aliphatic heterocycles. The monoisotopic (exact) mass is 475 g/mol. The average molecular weight is 475 g/mol. The Morgan fingerprint density at radius 1 is 1.32 bits per heavy atom. The summed E-state index contributed by atoms with van der Waals surface area (Å²) >= 11 is 0. The second kappa shape index (κ2) is 10.6. The molecule has 0 aromatic heterocycles. The standard InChI is InChI=1S/C16H28F3N5.HI/c1-3-20-15(21-7-11-22(2)13-16(17,18)19)24-10-6-14(12-24)23-8-4-5-9-23;/h4-5,14H,3,6-13H2,1-2H3,(H,20,21);1H. The second-order valence-corrected chi connectivity index (χ2v) is 6.40. The Bertz CT molecular complexity index is 448. The van der Waals surface area contributed by atoms with Crippen LogP contribution in [0, 0.1) is 0 Å². The average Bonchev–Trinajstić information content (AvgIpc) is 3.15. The number of guanidine groups is 1. The van der Waals surface area contributed by atoms with Crippen LogP contribution in [0.3, 0.4) is 0 Å². The maximum absolute atomic E-state index is 12.3. The summed E-state index contributed by atoms with van der Waals surface area (Å²) in [6, 6.07) is 0.525. The molecule has 0 spiro atoms. The highest BCUT2D eigenvalue weighted by atomic mass is 127. The number of alkyl halides is 3. The zero-order chi connectivity index (χ0) is 17.6. The Balaban J connectivity index is 0.00000312. The summed E-state index contributed by atoms with van der Waals surface area (Å²) in [5.41, 5.74) is 0. The van der Waals surface area contributed by atoms with Crippen molar-refractivity contribution in [1.29, 1.82) is 0 Å². The fourth-order valence-corrected chi connectivity index (χ4v) is 3.16. The smallest absolute Gasteiger partial charge is 0.357 e. The van der Waals surface area contributed by atoms with Gasteiger partial charge in [-0.1, -0.05) is 12.2 Å². The van der Waals surface area contributed by atoms with Crippen LogP contribution in [0.2, 0.25) is 0 Å². The number of hydrogen-bond donors (Lipinski definition) is 1. The molecule has 146 valence electrons. The first-order valence-corrected chi connectivity index (χ1v) is 8.56. The first-order valence-electron chi connectivity index (χ1n) is 8.56. The van der Waals surface area contributed by atoms with E-state index in [0.29, 0.717) is 19.1 Å². The van der Waals surface area contributed by atoms with Crippen LogP contribution < -0.4 is 5.32 Å². The molecule has 1 saturated heterocycles. The van der Waals surface area contributed by atoms with E-state index in [1.165, 1.54) is 11.9 Å². The van der Waals surface area contributed by atoms with Crippen molar-refractivity contribution >= 4 is 29.9 Å². The Morgan fingerprint density at radius 3 is 2.60 bits per heavy atom. The van der Waals surface area contributed by atoms with Gasteiger partial charge in [0.25, 0.3) is 0 Å². The van der Waals surface area contributed by atoms with E-state index in [1.54, 1.807) is 0 Å². The molecule has 0 aliphatic carbocycles. The molecule has 2 aliphatic rings. The van der Waals surface area contributed by atoms with E-state index in [-0.39, 0.29) is 24.0 Å². The minimum Gasteiger partial charge on any atom is -0.357 e. The molecular weight excluding hydrogens is 446 g/mol. The molecule has 0 saturated carbocycles. The number of halogens is 4. The van der Waals surface area contributed by atoms with Gasteiger partial charge in [0.2, 0.25) is 0 Å². The number of hydrogen-bond acceptors (Lipinski definition) is 3. The normalized spacial score (nSPS) is 21.9. The fourth-order valence-electron chi connectivity index (χ4n) is 3.16. The van der Waals surface area contributed by atoms with Crippen molar-refractivity contribution < 1.29 is 13.2 Å². The predicted molar refractivity (Wildman–Crippen MR) is 106 cm³/mol. The lowest BCUT2D eigenvalue weighted by Crippen LogP contribution is -2.43. The Labute approximate surface area is 165 Å². The molecule has 2 rings (SSSR count). The van der Waals surface area contributed by atoms with Gasteiger partial charge < -0.3 is 10.2 Å². The summed E-state index contributed by atoms with van der Waals surface area (Å²) < 4.78 is 37.0. The summed E-state index contributed by atoms with van der Waals surface area (Å²) in [4.78, 5) is 10.4. The molecule has 0 radical (unpaired) electrons. The third kappa shape index (κ3) is 7.69. The highest BCUT2D eigenvalue weighted by molar-refractivity contribution is 14.0. The van der Waals surface area contributed by atoms with E-state index < -0.39 is 12.7 Å². The van der Waals surface area contributed by atoms with E-state index in [2.05, 4.69) is 32.3 Å².